The van der Waals surface area contributed by atoms with Gasteiger partial charge in [0.2, 0.25) is 11.1 Å². The first-order chi connectivity index (χ1) is 14.4. The van der Waals surface area contributed by atoms with Gasteiger partial charge < -0.3 is 15.5 Å². The lowest BCUT2D eigenvalue weighted by molar-refractivity contribution is -0.116. The number of hydrogen-bond donors (Lipinski definition) is 2. The number of halogens is 1. The average molecular weight is 444 g/mol. The summed E-state index contributed by atoms with van der Waals surface area (Å²) in [6, 6.07) is 11.1. The Labute approximate surface area is 184 Å². The van der Waals surface area contributed by atoms with Crippen molar-refractivity contribution in [3.8, 4) is 5.75 Å². The molecule has 1 aliphatic rings. The molecular formula is C21H22ClN5O2S. The molecule has 2 N–H and O–H groups in total. The zero-order valence-corrected chi connectivity index (χ0v) is 18.6. The van der Waals surface area contributed by atoms with Crippen molar-refractivity contribution in [3.05, 3.63) is 63.9 Å². The number of carbonyl (C=O) groups is 1. The molecule has 2 atom stereocenters. The molecule has 0 bridgehead atoms. The Morgan fingerprint density at radius 3 is 2.67 bits per heavy atom. The van der Waals surface area contributed by atoms with Gasteiger partial charge in [-0.1, -0.05) is 35.5 Å². The monoisotopic (exact) mass is 443 g/mol. The standard InChI is InChI=1S/C21H22ClN5O2S/c1-11-5-7-15(9-12(11)2)23-20(28)19-18(14-6-8-17(29-4)16(22)10-14)26-27-13(3)24-25-21(27)30-19/h5-10,18-19,26H,1-4H3,(H,23,28)/t18-,19+/m0/s1. The van der Waals surface area contributed by atoms with E-state index < -0.39 is 5.25 Å². The molecule has 30 heavy (non-hydrogen) atoms. The molecular weight excluding hydrogens is 422 g/mol. The number of amides is 1. The van der Waals surface area contributed by atoms with Gasteiger partial charge >= 0.3 is 0 Å². The molecule has 7 nitrogen and oxygen atoms in total. The number of aromatic nitrogens is 3. The largest absolute Gasteiger partial charge is 0.495 e. The van der Waals surface area contributed by atoms with Crippen molar-refractivity contribution in [2.75, 3.05) is 17.9 Å². The van der Waals surface area contributed by atoms with Gasteiger partial charge in [-0.15, -0.1) is 10.2 Å². The van der Waals surface area contributed by atoms with E-state index in [1.165, 1.54) is 17.3 Å². The maximum Gasteiger partial charge on any atom is 0.240 e. The SMILES string of the molecule is COc1ccc([C@@H]2Nn3c(C)nnc3S[C@H]2C(=O)Nc2ccc(C)c(C)c2)cc1Cl. The van der Waals surface area contributed by atoms with Crippen LogP contribution in [-0.4, -0.2) is 33.1 Å². The van der Waals surface area contributed by atoms with Crippen LogP contribution < -0.4 is 15.5 Å². The molecule has 0 saturated carbocycles. The average Bonchev–Trinajstić information content (AvgIpc) is 3.09. The first-order valence-electron chi connectivity index (χ1n) is 9.44. The van der Waals surface area contributed by atoms with E-state index in [9.17, 15) is 4.79 Å². The number of anilines is 1. The molecule has 1 amide bonds. The molecule has 0 radical (unpaired) electrons. The third-order valence-corrected chi connectivity index (χ3v) is 6.68. The molecule has 3 aromatic rings. The summed E-state index contributed by atoms with van der Waals surface area (Å²) in [5.74, 6) is 1.18. The summed E-state index contributed by atoms with van der Waals surface area (Å²) >= 11 is 7.73. The predicted molar refractivity (Wildman–Crippen MR) is 119 cm³/mol. The zero-order chi connectivity index (χ0) is 21.4. The molecule has 0 fully saturated rings. The second-order valence-corrected chi connectivity index (χ2v) is 8.71. The van der Waals surface area contributed by atoms with Crippen molar-refractivity contribution >= 4 is 35.0 Å². The first kappa shape index (κ1) is 20.6. The van der Waals surface area contributed by atoms with Gasteiger partial charge in [0.25, 0.3) is 0 Å². The molecule has 156 valence electrons. The molecule has 0 spiro atoms. The molecule has 1 aliphatic heterocycles. The van der Waals surface area contributed by atoms with Crippen LogP contribution in [0.15, 0.2) is 41.6 Å². The number of methoxy groups -OCH3 is 1. The van der Waals surface area contributed by atoms with Crippen LogP contribution >= 0.6 is 23.4 Å². The molecule has 2 heterocycles. The summed E-state index contributed by atoms with van der Waals surface area (Å²) in [7, 11) is 1.57. The third-order valence-electron chi connectivity index (χ3n) is 5.17. The second-order valence-electron chi connectivity index (χ2n) is 7.19. The molecule has 0 saturated heterocycles. The topological polar surface area (TPSA) is 81.1 Å². The lowest BCUT2D eigenvalue weighted by Crippen LogP contribution is -2.41. The van der Waals surface area contributed by atoms with E-state index >= 15 is 0 Å². The highest BCUT2D eigenvalue weighted by molar-refractivity contribution is 8.00. The van der Waals surface area contributed by atoms with Gasteiger partial charge in [-0.2, -0.15) is 0 Å². The highest BCUT2D eigenvalue weighted by atomic mass is 35.5. The molecule has 0 aliphatic carbocycles. The van der Waals surface area contributed by atoms with Gasteiger partial charge in [0.1, 0.15) is 16.8 Å². The van der Waals surface area contributed by atoms with E-state index in [1.807, 2.05) is 51.1 Å². The molecule has 9 heteroatoms. The maximum absolute atomic E-state index is 13.3. The predicted octanol–water partition coefficient (Wildman–Crippen LogP) is 4.26. The van der Waals surface area contributed by atoms with Crippen molar-refractivity contribution in [2.45, 2.75) is 37.2 Å². The van der Waals surface area contributed by atoms with Gasteiger partial charge in [0.05, 0.1) is 18.2 Å². The number of carbonyl (C=O) groups excluding carboxylic acids is 1. The van der Waals surface area contributed by atoms with Crippen molar-refractivity contribution in [1.82, 2.24) is 14.9 Å². The number of benzene rings is 2. The Morgan fingerprint density at radius 2 is 1.97 bits per heavy atom. The second kappa shape index (κ2) is 8.20. The van der Waals surface area contributed by atoms with Crippen molar-refractivity contribution in [1.29, 1.82) is 0 Å². The van der Waals surface area contributed by atoms with Gasteiger partial charge in [-0.3, -0.25) is 4.79 Å². The molecule has 1 aromatic heterocycles. The number of fused-ring (bicyclic) bond motifs is 1. The molecule has 2 aromatic carbocycles. The van der Waals surface area contributed by atoms with Gasteiger partial charge in [0, 0.05) is 5.69 Å². The number of rotatable bonds is 4. The summed E-state index contributed by atoms with van der Waals surface area (Å²) < 4.78 is 7.06. The minimum Gasteiger partial charge on any atom is -0.495 e. The normalized spacial score (nSPS) is 17.8. The third kappa shape index (κ3) is 3.85. The maximum atomic E-state index is 13.3. The first-order valence-corrected chi connectivity index (χ1v) is 10.7. The van der Waals surface area contributed by atoms with Crippen LogP contribution in [0.2, 0.25) is 5.02 Å². The highest BCUT2D eigenvalue weighted by Crippen LogP contribution is 2.39. The Morgan fingerprint density at radius 1 is 1.17 bits per heavy atom. The highest BCUT2D eigenvalue weighted by Gasteiger charge is 2.37. The van der Waals surface area contributed by atoms with Gasteiger partial charge in [0.15, 0.2) is 0 Å². The molecule has 0 unspecified atom stereocenters. The summed E-state index contributed by atoms with van der Waals surface area (Å²) in [6.07, 6.45) is 0. The van der Waals surface area contributed by atoms with E-state index in [-0.39, 0.29) is 11.9 Å². The zero-order valence-electron chi connectivity index (χ0n) is 17.1. The van der Waals surface area contributed by atoms with Gasteiger partial charge in [-0.25, -0.2) is 4.68 Å². The smallest absolute Gasteiger partial charge is 0.240 e. The summed E-state index contributed by atoms with van der Waals surface area (Å²) in [4.78, 5) is 13.3. The lowest BCUT2D eigenvalue weighted by atomic mass is 10.0. The van der Waals surface area contributed by atoms with Crippen LogP contribution in [0.25, 0.3) is 0 Å². The van der Waals surface area contributed by atoms with E-state index in [0.717, 1.165) is 22.6 Å². The summed E-state index contributed by atoms with van der Waals surface area (Å²) in [5.41, 5.74) is 7.30. The Hall–Kier alpha value is -2.71. The fraction of sp³-hybridized carbons (Fsp3) is 0.286. The Balaban J connectivity index is 1.68. The van der Waals surface area contributed by atoms with Crippen LogP contribution in [0.5, 0.6) is 5.75 Å². The van der Waals surface area contributed by atoms with Crippen molar-refractivity contribution < 1.29 is 9.53 Å². The minimum atomic E-state index is -0.479. The van der Waals surface area contributed by atoms with Crippen LogP contribution in [0.4, 0.5) is 5.69 Å². The molecule has 4 rings (SSSR count). The van der Waals surface area contributed by atoms with Crippen LogP contribution in [0.1, 0.15) is 28.6 Å². The van der Waals surface area contributed by atoms with Crippen molar-refractivity contribution in [3.63, 3.8) is 0 Å². The summed E-state index contributed by atoms with van der Waals surface area (Å²) in [5, 5.41) is 12.0. The number of aryl methyl sites for hydroxylation is 3. The van der Waals surface area contributed by atoms with Crippen molar-refractivity contribution in [2.24, 2.45) is 0 Å². The fourth-order valence-electron chi connectivity index (χ4n) is 3.32. The number of ether oxygens (including phenoxy) is 1. The number of nitrogens with one attached hydrogen (secondary N) is 2. The van der Waals surface area contributed by atoms with E-state index in [1.54, 1.807) is 17.9 Å². The number of hydrogen-bond acceptors (Lipinski definition) is 6. The quantitative estimate of drug-likeness (QED) is 0.627. The van der Waals surface area contributed by atoms with Gasteiger partial charge in [-0.05, 0) is 61.7 Å². The number of thioether (sulfide) groups is 1. The Bertz CT molecular complexity index is 1120. The van der Waals surface area contributed by atoms with E-state index in [4.69, 9.17) is 16.3 Å². The fourth-order valence-corrected chi connectivity index (χ4v) is 4.71. The minimum absolute atomic E-state index is 0.125. The van der Waals surface area contributed by atoms with Crippen LogP contribution in [-0.2, 0) is 4.79 Å². The lowest BCUT2D eigenvalue weighted by Gasteiger charge is -2.33. The number of nitrogens with zero attached hydrogens (tertiary/aromatic N) is 3. The van der Waals surface area contributed by atoms with E-state index in [0.29, 0.717) is 15.9 Å². The van der Waals surface area contributed by atoms with Crippen LogP contribution in [0, 0.1) is 20.8 Å². The summed E-state index contributed by atoms with van der Waals surface area (Å²) in [6.45, 7) is 5.92. The van der Waals surface area contributed by atoms with E-state index in [2.05, 4.69) is 20.9 Å². The Kier molecular flexibility index (Phi) is 5.62. The van der Waals surface area contributed by atoms with Crippen LogP contribution in [0.3, 0.4) is 0 Å².